The predicted octanol–water partition coefficient (Wildman–Crippen LogP) is 4.08. The van der Waals surface area contributed by atoms with Gasteiger partial charge in [-0.3, -0.25) is 14.8 Å². The smallest absolute Gasteiger partial charge is 0.221 e. The van der Waals surface area contributed by atoms with Crippen LogP contribution in [0.15, 0.2) is 60.2 Å². The molecule has 0 atom stereocenters. The second-order valence-corrected chi connectivity index (χ2v) is 5.65. The van der Waals surface area contributed by atoms with E-state index >= 15 is 0 Å². The highest BCUT2D eigenvalue weighted by atomic mass is 32.1. The molecule has 0 spiro atoms. The molecule has 1 aromatic carbocycles. The monoisotopic (exact) mass is 290 g/mol. The molecule has 21 heavy (non-hydrogen) atoms. The Labute approximate surface area is 124 Å². The van der Waals surface area contributed by atoms with Crippen molar-refractivity contribution in [2.45, 2.75) is 0 Å². The van der Waals surface area contributed by atoms with Gasteiger partial charge in [0.05, 0.1) is 10.4 Å². The zero-order valence-corrected chi connectivity index (χ0v) is 11.8. The van der Waals surface area contributed by atoms with E-state index in [4.69, 9.17) is 0 Å². The van der Waals surface area contributed by atoms with Gasteiger partial charge >= 0.3 is 0 Å². The number of hydrogen-bond acceptors (Lipinski definition) is 4. The van der Waals surface area contributed by atoms with Crippen molar-refractivity contribution in [3.8, 4) is 0 Å². The van der Waals surface area contributed by atoms with Crippen LogP contribution in [0.3, 0.4) is 0 Å². The molecule has 3 heterocycles. The third-order valence-electron chi connectivity index (χ3n) is 3.48. The molecule has 4 aromatic rings. The van der Waals surface area contributed by atoms with Crippen LogP contribution in [-0.4, -0.2) is 15.8 Å². The Bertz CT molecular complexity index is 961. The Morgan fingerprint density at radius 3 is 2.67 bits per heavy atom. The van der Waals surface area contributed by atoms with Crippen LogP contribution in [-0.2, 0) is 0 Å². The quantitative estimate of drug-likeness (QED) is 0.413. The SMILES string of the molecule is O=C(c1cccs1)c1nccc2c1cnc1ccccc12. The average Bonchev–Trinajstić information content (AvgIpc) is 3.08. The number of ketones is 1. The number of benzene rings is 1. The number of hydrogen-bond donors (Lipinski definition) is 0. The Hall–Kier alpha value is -2.59. The molecule has 0 radical (unpaired) electrons. The van der Waals surface area contributed by atoms with Crippen LogP contribution >= 0.6 is 11.3 Å². The van der Waals surface area contributed by atoms with Crippen LogP contribution in [0.5, 0.6) is 0 Å². The molecule has 0 fully saturated rings. The van der Waals surface area contributed by atoms with Crippen molar-refractivity contribution in [1.82, 2.24) is 9.97 Å². The molecule has 0 aliphatic heterocycles. The highest BCUT2D eigenvalue weighted by molar-refractivity contribution is 7.12. The number of fused-ring (bicyclic) bond motifs is 3. The molecule has 0 saturated carbocycles. The van der Waals surface area contributed by atoms with Crippen molar-refractivity contribution in [3.63, 3.8) is 0 Å². The van der Waals surface area contributed by atoms with Gasteiger partial charge in [-0.1, -0.05) is 24.3 Å². The molecule has 0 aliphatic rings. The molecular formula is C17H10N2OS. The van der Waals surface area contributed by atoms with Gasteiger partial charge in [0.2, 0.25) is 5.78 Å². The molecule has 0 unspecified atom stereocenters. The van der Waals surface area contributed by atoms with E-state index in [2.05, 4.69) is 9.97 Å². The lowest BCUT2D eigenvalue weighted by atomic mass is 10.0. The number of carbonyl (C=O) groups is 1. The first kappa shape index (κ1) is 12.2. The van der Waals surface area contributed by atoms with Gasteiger partial charge in [0, 0.05) is 23.2 Å². The van der Waals surface area contributed by atoms with E-state index in [1.54, 1.807) is 12.4 Å². The molecule has 0 saturated heterocycles. The van der Waals surface area contributed by atoms with Crippen molar-refractivity contribution in [1.29, 1.82) is 0 Å². The Morgan fingerprint density at radius 1 is 0.905 bits per heavy atom. The number of carbonyl (C=O) groups excluding carboxylic acids is 1. The van der Waals surface area contributed by atoms with Crippen LogP contribution in [0.2, 0.25) is 0 Å². The minimum atomic E-state index is -0.0484. The molecule has 0 amide bonds. The second-order valence-electron chi connectivity index (χ2n) is 4.70. The first-order chi connectivity index (χ1) is 10.3. The van der Waals surface area contributed by atoms with Gasteiger partial charge < -0.3 is 0 Å². The molecule has 3 nitrogen and oxygen atoms in total. The first-order valence-electron chi connectivity index (χ1n) is 6.55. The number of aromatic nitrogens is 2. The number of thiophene rings is 1. The number of rotatable bonds is 2. The van der Waals surface area contributed by atoms with Crippen LogP contribution in [0, 0.1) is 0 Å². The van der Waals surface area contributed by atoms with Crippen molar-refractivity contribution in [2.75, 3.05) is 0 Å². The van der Waals surface area contributed by atoms with E-state index < -0.39 is 0 Å². The highest BCUT2D eigenvalue weighted by Crippen LogP contribution is 2.26. The molecule has 0 N–H and O–H groups in total. The maximum Gasteiger partial charge on any atom is 0.221 e. The molecule has 4 heteroatoms. The summed E-state index contributed by atoms with van der Waals surface area (Å²) in [7, 11) is 0. The number of nitrogens with zero attached hydrogens (tertiary/aromatic N) is 2. The maximum atomic E-state index is 12.6. The Balaban J connectivity index is 2.03. The predicted molar refractivity (Wildman–Crippen MR) is 84.8 cm³/mol. The lowest BCUT2D eigenvalue weighted by Gasteiger charge is -2.06. The standard InChI is InChI=1S/C17H10N2OS/c20-17(15-6-3-9-21-15)16-13-10-19-14-5-2-1-4-12(14)11(13)7-8-18-16/h1-10H. The van der Waals surface area contributed by atoms with Gasteiger partial charge in [0.15, 0.2) is 0 Å². The molecule has 4 rings (SSSR count). The minimum Gasteiger partial charge on any atom is -0.286 e. The summed E-state index contributed by atoms with van der Waals surface area (Å²) in [6.45, 7) is 0. The van der Waals surface area contributed by atoms with Gasteiger partial charge in [-0.15, -0.1) is 11.3 Å². The average molecular weight is 290 g/mol. The molecule has 0 bridgehead atoms. The van der Waals surface area contributed by atoms with E-state index in [9.17, 15) is 4.79 Å². The summed E-state index contributed by atoms with van der Waals surface area (Å²) in [5.41, 5.74) is 1.39. The topological polar surface area (TPSA) is 42.9 Å². The third kappa shape index (κ3) is 1.92. The summed E-state index contributed by atoms with van der Waals surface area (Å²) in [6.07, 6.45) is 3.43. The van der Waals surface area contributed by atoms with Gasteiger partial charge in [0.25, 0.3) is 0 Å². The van der Waals surface area contributed by atoms with Crippen molar-refractivity contribution < 1.29 is 4.79 Å². The molecule has 0 aliphatic carbocycles. The summed E-state index contributed by atoms with van der Waals surface area (Å²) < 4.78 is 0. The maximum absolute atomic E-state index is 12.6. The van der Waals surface area contributed by atoms with E-state index in [1.807, 2.05) is 47.8 Å². The van der Waals surface area contributed by atoms with E-state index in [0.29, 0.717) is 10.6 Å². The minimum absolute atomic E-state index is 0.0484. The van der Waals surface area contributed by atoms with Crippen LogP contribution in [0.25, 0.3) is 21.7 Å². The zero-order chi connectivity index (χ0) is 14.2. The normalized spacial score (nSPS) is 11.0. The zero-order valence-electron chi connectivity index (χ0n) is 11.0. The van der Waals surface area contributed by atoms with Crippen LogP contribution in [0.4, 0.5) is 0 Å². The summed E-state index contributed by atoms with van der Waals surface area (Å²) in [5, 5.41) is 4.74. The largest absolute Gasteiger partial charge is 0.286 e. The first-order valence-corrected chi connectivity index (χ1v) is 7.43. The fourth-order valence-corrected chi connectivity index (χ4v) is 3.16. The number of pyridine rings is 2. The molecule has 3 aromatic heterocycles. The fraction of sp³-hybridized carbons (Fsp3) is 0. The third-order valence-corrected chi connectivity index (χ3v) is 4.35. The molecule has 100 valence electrons. The lowest BCUT2D eigenvalue weighted by Crippen LogP contribution is -2.03. The van der Waals surface area contributed by atoms with Crippen molar-refractivity contribution in [3.05, 3.63) is 70.8 Å². The van der Waals surface area contributed by atoms with E-state index in [0.717, 1.165) is 21.7 Å². The second kappa shape index (κ2) is 4.75. The summed E-state index contributed by atoms with van der Waals surface area (Å²) in [5.74, 6) is -0.0484. The number of para-hydroxylation sites is 1. The highest BCUT2D eigenvalue weighted by Gasteiger charge is 2.16. The molecular weight excluding hydrogens is 280 g/mol. The lowest BCUT2D eigenvalue weighted by molar-refractivity contribution is 0.103. The van der Waals surface area contributed by atoms with E-state index in [1.165, 1.54) is 11.3 Å². The Morgan fingerprint density at radius 2 is 1.81 bits per heavy atom. The van der Waals surface area contributed by atoms with Gasteiger partial charge in [-0.25, -0.2) is 0 Å². The summed E-state index contributed by atoms with van der Waals surface area (Å²) >= 11 is 1.43. The van der Waals surface area contributed by atoms with Crippen molar-refractivity contribution in [2.24, 2.45) is 0 Å². The van der Waals surface area contributed by atoms with Gasteiger partial charge in [-0.2, -0.15) is 0 Å². The van der Waals surface area contributed by atoms with E-state index in [-0.39, 0.29) is 5.78 Å². The van der Waals surface area contributed by atoms with Gasteiger partial charge in [0.1, 0.15) is 5.69 Å². The van der Waals surface area contributed by atoms with Crippen LogP contribution < -0.4 is 0 Å². The fourth-order valence-electron chi connectivity index (χ4n) is 2.49. The van der Waals surface area contributed by atoms with Crippen molar-refractivity contribution >= 4 is 38.8 Å². The van der Waals surface area contributed by atoms with Gasteiger partial charge in [-0.05, 0) is 29.0 Å². The van der Waals surface area contributed by atoms with Crippen LogP contribution in [0.1, 0.15) is 15.4 Å². The summed E-state index contributed by atoms with van der Waals surface area (Å²) in [6, 6.07) is 13.5. The summed E-state index contributed by atoms with van der Waals surface area (Å²) in [4.78, 5) is 22.0. The Kier molecular flexibility index (Phi) is 2.75.